The summed E-state index contributed by atoms with van der Waals surface area (Å²) < 4.78 is 0. The second kappa shape index (κ2) is 10.3. The molecular formula is C28H26ClN3O2S. The summed E-state index contributed by atoms with van der Waals surface area (Å²) in [4.78, 5) is 34.6. The van der Waals surface area contributed by atoms with Gasteiger partial charge in [-0.15, -0.1) is 0 Å². The number of benzene rings is 3. The van der Waals surface area contributed by atoms with E-state index in [1.165, 1.54) is 22.2 Å². The molecule has 0 aliphatic carbocycles. The lowest BCUT2D eigenvalue weighted by molar-refractivity contribution is -0.121. The molecule has 0 radical (unpaired) electrons. The van der Waals surface area contributed by atoms with E-state index in [4.69, 9.17) is 11.6 Å². The number of carbonyl (C=O) groups excluding carboxylic acids is 2. The maximum atomic E-state index is 13.8. The summed E-state index contributed by atoms with van der Waals surface area (Å²) in [5.74, 6) is -0.550. The summed E-state index contributed by atoms with van der Waals surface area (Å²) in [6, 6.07) is 25.4. The van der Waals surface area contributed by atoms with E-state index in [1.807, 2.05) is 43.3 Å². The Kier molecular flexibility index (Phi) is 6.95. The first-order valence-electron chi connectivity index (χ1n) is 11.6. The van der Waals surface area contributed by atoms with Crippen molar-refractivity contribution in [1.29, 1.82) is 0 Å². The molecule has 2 aliphatic heterocycles. The molecule has 0 aromatic heterocycles. The van der Waals surface area contributed by atoms with Crippen molar-refractivity contribution in [3.8, 4) is 0 Å². The van der Waals surface area contributed by atoms with Crippen LogP contribution in [-0.2, 0) is 16.1 Å². The number of nitrogens with zero attached hydrogens (tertiary/aromatic N) is 3. The number of imide groups is 1. The normalized spacial score (nSPS) is 17.0. The number of hydrogen-bond donors (Lipinski definition) is 0. The highest BCUT2D eigenvalue weighted by Gasteiger charge is 2.43. The van der Waals surface area contributed by atoms with Crippen molar-refractivity contribution in [2.75, 3.05) is 31.1 Å². The Labute approximate surface area is 215 Å². The molecule has 0 spiro atoms. The van der Waals surface area contributed by atoms with Gasteiger partial charge in [0.15, 0.2) is 0 Å². The van der Waals surface area contributed by atoms with Crippen LogP contribution in [0.4, 0.5) is 5.69 Å². The van der Waals surface area contributed by atoms with Gasteiger partial charge in [0.1, 0.15) is 10.6 Å². The first kappa shape index (κ1) is 23.7. The van der Waals surface area contributed by atoms with Crippen LogP contribution in [0.3, 0.4) is 0 Å². The molecule has 0 bridgehead atoms. The molecule has 35 heavy (non-hydrogen) atoms. The second-order valence-electron chi connectivity index (χ2n) is 8.72. The lowest BCUT2D eigenvalue weighted by Gasteiger charge is -2.36. The molecule has 178 valence electrons. The van der Waals surface area contributed by atoms with E-state index < -0.39 is 0 Å². The van der Waals surface area contributed by atoms with Gasteiger partial charge >= 0.3 is 0 Å². The van der Waals surface area contributed by atoms with E-state index in [-0.39, 0.29) is 11.8 Å². The van der Waals surface area contributed by atoms with Crippen LogP contribution in [-0.4, -0.2) is 47.8 Å². The van der Waals surface area contributed by atoms with Crippen molar-refractivity contribution in [2.45, 2.75) is 18.4 Å². The molecule has 0 N–H and O–H groups in total. The average Bonchev–Trinajstić information content (AvgIpc) is 3.10. The van der Waals surface area contributed by atoms with Gasteiger partial charge in [0.05, 0.1) is 5.69 Å². The lowest BCUT2D eigenvalue weighted by Crippen LogP contribution is -2.47. The number of hydrogen-bond acceptors (Lipinski definition) is 5. The number of amides is 2. The number of halogens is 1. The highest BCUT2D eigenvalue weighted by atomic mass is 35.5. The number of rotatable bonds is 6. The van der Waals surface area contributed by atoms with Gasteiger partial charge in [0.2, 0.25) is 0 Å². The maximum Gasteiger partial charge on any atom is 0.283 e. The lowest BCUT2D eigenvalue weighted by atomic mass is 10.2. The summed E-state index contributed by atoms with van der Waals surface area (Å²) in [6.07, 6.45) is 0. The Bertz CT molecular complexity index is 1270. The van der Waals surface area contributed by atoms with Crippen molar-refractivity contribution in [1.82, 2.24) is 9.80 Å². The quantitative estimate of drug-likeness (QED) is 0.425. The third kappa shape index (κ3) is 5.01. The molecule has 0 saturated carbocycles. The topological polar surface area (TPSA) is 43.9 Å². The highest BCUT2D eigenvalue weighted by Crippen LogP contribution is 2.40. The van der Waals surface area contributed by atoms with Crippen LogP contribution in [0.5, 0.6) is 0 Å². The molecule has 0 unspecified atom stereocenters. The number of thioether (sulfide) groups is 1. The van der Waals surface area contributed by atoms with Crippen molar-refractivity contribution >= 4 is 40.9 Å². The zero-order valence-corrected chi connectivity index (χ0v) is 21.1. The number of piperazine rings is 1. The monoisotopic (exact) mass is 503 g/mol. The second-order valence-corrected chi connectivity index (χ2v) is 10.2. The van der Waals surface area contributed by atoms with Crippen molar-refractivity contribution in [3.63, 3.8) is 0 Å². The smallest absolute Gasteiger partial charge is 0.283 e. The first-order valence-corrected chi connectivity index (χ1v) is 12.8. The highest BCUT2D eigenvalue weighted by molar-refractivity contribution is 8.04. The van der Waals surface area contributed by atoms with Crippen LogP contribution in [0.1, 0.15) is 11.1 Å². The molecule has 2 aliphatic rings. The number of aryl methyl sites for hydroxylation is 1. The predicted molar refractivity (Wildman–Crippen MR) is 141 cm³/mol. The Morgan fingerprint density at radius 3 is 2.14 bits per heavy atom. The predicted octanol–water partition coefficient (Wildman–Crippen LogP) is 5.34. The minimum absolute atomic E-state index is 0.268. The third-order valence-corrected chi connectivity index (χ3v) is 7.63. The van der Waals surface area contributed by atoms with Crippen LogP contribution in [0.15, 0.2) is 94.4 Å². The standard InChI is InChI=1S/C28H26ClN3O2S/c1-20-18-22(29)12-13-24(20)32-27(33)25(26(28(32)34)35-23-10-6-3-7-11-23)31-16-14-30(15-17-31)19-21-8-4-2-5-9-21/h2-13,18H,14-17,19H2,1H3. The van der Waals surface area contributed by atoms with Gasteiger partial charge in [0, 0.05) is 42.6 Å². The van der Waals surface area contributed by atoms with Crippen molar-refractivity contribution in [2.24, 2.45) is 0 Å². The van der Waals surface area contributed by atoms with Crippen LogP contribution >= 0.6 is 23.4 Å². The van der Waals surface area contributed by atoms with E-state index in [0.29, 0.717) is 34.4 Å². The van der Waals surface area contributed by atoms with Gasteiger partial charge in [-0.2, -0.15) is 0 Å². The fourth-order valence-electron chi connectivity index (χ4n) is 4.54. The summed E-state index contributed by atoms with van der Waals surface area (Å²) in [5.41, 5.74) is 3.14. The zero-order chi connectivity index (χ0) is 24.4. The molecule has 5 nitrogen and oxygen atoms in total. The van der Waals surface area contributed by atoms with Crippen LogP contribution in [0.25, 0.3) is 0 Å². The molecule has 2 amide bonds. The average molecular weight is 504 g/mol. The molecule has 0 atom stereocenters. The molecule has 7 heteroatoms. The Morgan fingerprint density at radius 2 is 1.49 bits per heavy atom. The van der Waals surface area contributed by atoms with Crippen molar-refractivity contribution in [3.05, 3.63) is 106 Å². The minimum Gasteiger partial charge on any atom is -0.363 e. The van der Waals surface area contributed by atoms with E-state index >= 15 is 0 Å². The summed E-state index contributed by atoms with van der Waals surface area (Å²) in [5, 5.41) is 0.576. The molecule has 3 aromatic carbocycles. The molecule has 3 aromatic rings. The maximum absolute atomic E-state index is 13.8. The zero-order valence-electron chi connectivity index (χ0n) is 19.5. The van der Waals surface area contributed by atoms with Crippen LogP contribution in [0, 0.1) is 6.92 Å². The number of carbonyl (C=O) groups is 2. The summed E-state index contributed by atoms with van der Waals surface area (Å²) in [7, 11) is 0. The fourth-order valence-corrected chi connectivity index (χ4v) is 5.78. The largest absolute Gasteiger partial charge is 0.363 e. The van der Waals surface area contributed by atoms with Gasteiger partial charge in [-0.1, -0.05) is 71.9 Å². The summed E-state index contributed by atoms with van der Waals surface area (Å²) in [6.45, 7) is 5.77. The van der Waals surface area contributed by atoms with E-state index in [1.54, 1.807) is 18.2 Å². The Morgan fingerprint density at radius 1 is 0.829 bits per heavy atom. The molecule has 1 saturated heterocycles. The third-order valence-electron chi connectivity index (χ3n) is 6.32. The van der Waals surface area contributed by atoms with Crippen LogP contribution < -0.4 is 4.90 Å². The van der Waals surface area contributed by atoms with Crippen molar-refractivity contribution < 1.29 is 9.59 Å². The van der Waals surface area contributed by atoms with Gasteiger partial charge < -0.3 is 4.90 Å². The van der Waals surface area contributed by atoms with E-state index in [9.17, 15) is 9.59 Å². The minimum atomic E-state index is -0.281. The van der Waals surface area contributed by atoms with Gasteiger partial charge in [-0.3, -0.25) is 14.5 Å². The molecule has 2 heterocycles. The van der Waals surface area contributed by atoms with Gasteiger partial charge in [-0.05, 0) is 48.4 Å². The van der Waals surface area contributed by atoms with E-state index in [2.05, 4.69) is 34.1 Å². The Hall–Kier alpha value is -3.06. The van der Waals surface area contributed by atoms with Gasteiger partial charge in [0.25, 0.3) is 11.8 Å². The van der Waals surface area contributed by atoms with E-state index in [0.717, 1.165) is 30.1 Å². The molecule has 1 fully saturated rings. The summed E-state index contributed by atoms with van der Waals surface area (Å²) >= 11 is 7.50. The molecule has 5 rings (SSSR count). The van der Waals surface area contributed by atoms with Gasteiger partial charge in [-0.25, -0.2) is 4.90 Å². The SMILES string of the molecule is Cc1cc(Cl)ccc1N1C(=O)C(Sc2ccccc2)=C(N2CCN(Cc3ccccc3)CC2)C1=O. The first-order chi connectivity index (χ1) is 17.0. The number of anilines is 1. The molecular weight excluding hydrogens is 478 g/mol. The van der Waals surface area contributed by atoms with Crippen LogP contribution in [0.2, 0.25) is 5.02 Å². The fraction of sp³-hybridized carbons (Fsp3) is 0.214. The Balaban J connectivity index is 1.42.